The van der Waals surface area contributed by atoms with Crippen LogP contribution in [0.4, 0.5) is 0 Å². The van der Waals surface area contributed by atoms with Crippen LogP contribution in [0.3, 0.4) is 0 Å². The number of methoxy groups -OCH3 is 1. The zero-order valence-electron chi connectivity index (χ0n) is 8.94. The lowest BCUT2D eigenvalue weighted by Gasteiger charge is -1.95. The smallest absolute Gasteiger partial charge is 0.353 e. The summed E-state index contributed by atoms with van der Waals surface area (Å²) in [7, 11) is 1.63. The van der Waals surface area contributed by atoms with Gasteiger partial charge < -0.3 is 10.1 Å². The molecule has 1 aliphatic rings. The summed E-state index contributed by atoms with van der Waals surface area (Å²) in [6.07, 6.45) is 6.93. The van der Waals surface area contributed by atoms with E-state index in [-0.39, 0.29) is 0 Å². The third-order valence-electron chi connectivity index (χ3n) is 2.15. The summed E-state index contributed by atoms with van der Waals surface area (Å²) in [5.74, 6) is 2.27. The molecule has 1 aromatic rings. The van der Waals surface area contributed by atoms with E-state index in [0.717, 1.165) is 17.3 Å². The van der Waals surface area contributed by atoms with Crippen molar-refractivity contribution in [2.45, 2.75) is 0 Å². The van der Waals surface area contributed by atoms with Gasteiger partial charge in [-0.2, -0.15) is 0 Å². The fourth-order valence-electron chi connectivity index (χ4n) is 1.30. The van der Waals surface area contributed by atoms with Gasteiger partial charge in [0.2, 0.25) is 0 Å². The van der Waals surface area contributed by atoms with Crippen LogP contribution in [0.25, 0.3) is 0 Å². The molecule has 0 fully saturated rings. The molecule has 3 heteroatoms. The molecular formula is C13H12NO2+. The van der Waals surface area contributed by atoms with E-state index in [4.69, 9.17) is 14.6 Å². The summed E-state index contributed by atoms with van der Waals surface area (Å²) in [6, 6.07) is 7.36. The molecule has 1 aliphatic carbocycles. The Morgan fingerprint density at radius 3 is 2.19 bits per heavy atom. The first-order chi connectivity index (χ1) is 7.78. The second kappa shape index (κ2) is 4.57. The van der Waals surface area contributed by atoms with Gasteiger partial charge in [-0.25, -0.2) is 4.42 Å². The van der Waals surface area contributed by atoms with E-state index in [9.17, 15) is 0 Å². The molecule has 0 aromatic heterocycles. The standard InChI is InChI=1S/C13H12NO2/c1-15-11-6-8-13(9-7-11)16-12-4-2-10(14)3-5-12/h2-9,14H,1H3/q+1. The lowest BCUT2D eigenvalue weighted by Crippen LogP contribution is -1.99. The minimum Gasteiger partial charge on any atom is -0.497 e. The largest absolute Gasteiger partial charge is 0.497 e. The summed E-state index contributed by atoms with van der Waals surface area (Å²) >= 11 is 0. The monoisotopic (exact) mass is 214 g/mol. The Hall–Kier alpha value is -2.16. The van der Waals surface area contributed by atoms with E-state index >= 15 is 0 Å². The van der Waals surface area contributed by atoms with Crippen molar-refractivity contribution >= 4 is 11.5 Å². The third-order valence-corrected chi connectivity index (χ3v) is 2.15. The summed E-state index contributed by atoms with van der Waals surface area (Å²) in [5, 5.41) is 7.35. The van der Waals surface area contributed by atoms with E-state index in [0.29, 0.717) is 5.71 Å². The van der Waals surface area contributed by atoms with Gasteiger partial charge in [-0.3, -0.25) is 0 Å². The molecule has 3 nitrogen and oxygen atoms in total. The van der Waals surface area contributed by atoms with Crippen LogP contribution in [-0.2, 0) is 4.42 Å². The third kappa shape index (κ3) is 2.45. The highest BCUT2D eigenvalue weighted by molar-refractivity contribution is 6.15. The number of hydrogen-bond donors (Lipinski definition) is 1. The van der Waals surface area contributed by atoms with E-state index in [1.807, 2.05) is 24.3 Å². The van der Waals surface area contributed by atoms with E-state index in [1.54, 1.807) is 31.4 Å². The predicted octanol–water partition coefficient (Wildman–Crippen LogP) is 2.66. The predicted molar refractivity (Wildman–Crippen MR) is 63.5 cm³/mol. The van der Waals surface area contributed by atoms with Gasteiger partial charge in [0, 0.05) is 24.3 Å². The molecule has 0 radical (unpaired) electrons. The number of hydrogen-bond acceptors (Lipinski definition) is 2. The van der Waals surface area contributed by atoms with Gasteiger partial charge in [0.15, 0.2) is 0 Å². The van der Waals surface area contributed by atoms with Crippen LogP contribution in [0.5, 0.6) is 11.5 Å². The number of carbonyl (C=O) groups excluding carboxylic acids is 1. The normalized spacial score (nSPS) is 14.1. The molecule has 0 saturated carbocycles. The first-order valence-corrected chi connectivity index (χ1v) is 4.91. The van der Waals surface area contributed by atoms with Crippen molar-refractivity contribution in [2.75, 3.05) is 7.11 Å². The molecule has 0 aliphatic heterocycles. The molecule has 0 heterocycles. The van der Waals surface area contributed by atoms with Gasteiger partial charge in [0.25, 0.3) is 0 Å². The summed E-state index contributed by atoms with van der Waals surface area (Å²) in [4.78, 5) is 0. The molecule has 80 valence electrons. The van der Waals surface area contributed by atoms with Crippen LogP contribution in [0.1, 0.15) is 0 Å². The highest BCUT2D eigenvalue weighted by Gasteiger charge is 2.10. The van der Waals surface area contributed by atoms with Crippen molar-refractivity contribution in [2.24, 2.45) is 0 Å². The van der Waals surface area contributed by atoms with Crippen molar-refractivity contribution in [1.29, 1.82) is 5.41 Å². The van der Waals surface area contributed by atoms with E-state index < -0.39 is 0 Å². The summed E-state index contributed by atoms with van der Waals surface area (Å²) in [6.45, 7) is 0. The highest BCUT2D eigenvalue weighted by atomic mass is 16.5. The van der Waals surface area contributed by atoms with Crippen LogP contribution in [0.2, 0.25) is 0 Å². The Labute approximate surface area is 93.9 Å². The van der Waals surface area contributed by atoms with Crippen LogP contribution < -0.4 is 4.74 Å². The SMILES string of the molecule is COc1ccc([O+]=C2C=CC(=N)C=C2)cc1. The molecule has 1 N–H and O–H groups in total. The highest BCUT2D eigenvalue weighted by Crippen LogP contribution is 2.17. The average molecular weight is 214 g/mol. The quantitative estimate of drug-likeness (QED) is 0.597. The molecule has 0 bridgehead atoms. The lowest BCUT2D eigenvalue weighted by molar-refractivity contribution is -0.364. The number of allylic oxidation sites excluding steroid dienone is 4. The Morgan fingerprint density at radius 1 is 1.00 bits per heavy atom. The molecule has 0 amide bonds. The van der Waals surface area contributed by atoms with Crippen LogP contribution >= 0.6 is 0 Å². The average Bonchev–Trinajstić information content (AvgIpc) is 2.33. The second-order valence-corrected chi connectivity index (χ2v) is 3.30. The van der Waals surface area contributed by atoms with Gasteiger partial charge in [-0.05, 0) is 24.3 Å². The number of rotatable bonds is 2. The van der Waals surface area contributed by atoms with Crippen LogP contribution in [0, 0.1) is 5.41 Å². The molecule has 0 saturated heterocycles. The first-order valence-electron chi connectivity index (χ1n) is 4.91. The van der Waals surface area contributed by atoms with Crippen LogP contribution in [0.15, 0.2) is 48.6 Å². The zero-order chi connectivity index (χ0) is 11.4. The van der Waals surface area contributed by atoms with Crippen molar-refractivity contribution in [3.05, 3.63) is 48.6 Å². The van der Waals surface area contributed by atoms with Crippen molar-refractivity contribution in [3.63, 3.8) is 0 Å². The summed E-state index contributed by atoms with van der Waals surface area (Å²) in [5.41, 5.74) is 0.474. The first kappa shape index (κ1) is 10.4. The van der Waals surface area contributed by atoms with E-state index in [1.165, 1.54) is 0 Å². The van der Waals surface area contributed by atoms with Gasteiger partial charge in [-0.1, -0.05) is 0 Å². The minimum atomic E-state index is 0.474. The van der Waals surface area contributed by atoms with Crippen LogP contribution in [-0.4, -0.2) is 18.6 Å². The zero-order valence-corrected chi connectivity index (χ0v) is 8.94. The van der Waals surface area contributed by atoms with Gasteiger partial charge >= 0.3 is 11.5 Å². The van der Waals surface area contributed by atoms with Crippen molar-refractivity contribution in [3.8, 4) is 11.5 Å². The fraction of sp³-hybridized carbons (Fsp3) is 0.0769. The molecule has 2 rings (SSSR count). The molecule has 0 spiro atoms. The fourth-order valence-corrected chi connectivity index (χ4v) is 1.30. The Morgan fingerprint density at radius 2 is 1.62 bits per heavy atom. The second-order valence-electron chi connectivity index (χ2n) is 3.30. The molecular weight excluding hydrogens is 202 g/mol. The maximum Gasteiger partial charge on any atom is 0.353 e. The minimum absolute atomic E-state index is 0.474. The molecule has 0 atom stereocenters. The Bertz CT molecular complexity index is 463. The molecule has 0 unspecified atom stereocenters. The Balaban J connectivity index is 2.20. The maximum absolute atomic E-state index is 7.35. The lowest BCUT2D eigenvalue weighted by atomic mass is 10.2. The van der Waals surface area contributed by atoms with Gasteiger partial charge in [-0.15, -0.1) is 0 Å². The maximum atomic E-state index is 7.35. The number of benzene rings is 1. The number of ether oxygens (including phenoxy) is 1. The van der Waals surface area contributed by atoms with Crippen molar-refractivity contribution in [1.82, 2.24) is 0 Å². The topological polar surface area (TPSA) is 44.4 Å². The molecule has 16 heavy (non-hydrogen) atoms. The number of nitrogens with one attached hydrogen (secondary N) is 1. The molecule has 1 aromatic carbocycles. The summed E-state index contributed by atoms with van der Waals surface area (Å²) < 4.78 is 10.6. The van der Waals surface area contributed by atoms with Crippen molar-refractivity contribution < 1.29 is 9.16 Å². The Kier molecular flexibility index (Phi) is 2.96. The van der Waals surface area contributed by atoms with E-state index in [2.05, 4.69) is 0 Å². The number of ketones is 1. The van der Waals surface area contributed by atoms with Gasteiger partial charge in [0.05, 0.1) is 12.8 Å². The van der Waals surface area contributed by atoms with Gasteiger partial charge in [0.1, 0.15) is 5.75 Å².